The third-order valence-electron chi connectivity index (χ3n) is 3.86. The van der Waals surface area contributed by atoms with Crippen molar-refractivity contribution in [2.45, 2.75) is 13.3 Å². The Morgan fingerprint density at radius 1 is 1.20 bits per heavy atom. The molecular formula is C18H17N3O4. The molecule has 7 nitrogen and oxygen atoms in total. The highest BCUT2D eigenvalue weighted by molar-refractivity contribution is 6.10. The summed E-state index contributed by atoms with van der Waals surface area (Å²) >= 11 is 0. The van der Waals surface area contributed by atoms with Crippen LogP contribution in [-0.2, 0) is 4.79 Å². The summed E-state index contributed by atoms with van der Waals surface area (Å²) in [6.45, 7) is 1.77. The van der Waals surface area contributed by atoms with E-state index in [2.05, 4.69) is 10.3 Å². The molecule has 1 aromatic heterocycles. The number of fused-ring (bicyclic) bond motifs is 1. The van der Waals surface area contributed by atoms with E-state index >= 15 is 0 Å². The van der Waals surface area contributed by atoms with Gasteiger partial charge in [-0.3, -0.25) is 14.6 Å². The number of hydrogen-bond acceptors (Lipinski definition) is 4. The Labute approximate surface area is 143 Å². The molecule has 3 aromatic rings. The van der Waals surface area contributed by atoms with Crippen molar-refractivity contribution in [2.75, 3.05) is 17.3 Å². The fourth-order valence-electron chi connectivity index (χ4n) is 2.56. The van der Waals surface area contributed by atoms with Crippen molar-refractivity contribution in [1.82, 2.24) is 4.98 Å². The molecule has 0 atom stereocenters. The number of oxazole rings is 1. The van der Waals surface area contributed by atoms with E-state index in [-0.39, 0.29) is 11.8 Å². The van der Waals surface area contributed by atoms with Crippen LogP contribution in [0.4, 0.5) is 11.4 Å². The van der Waals surface area contributed by atoms with E-state index in [0.29, 0.717) is 34.5 Å². The first-order chi connectivity index (χ1) is 12.0. The smallest absolute Gasteiger partial charge is 0.408 e. The average Bonchev–Trinajstić information content (AvgIpc) is 2.99. The van der Waals surface area contributed by atoms with E-state index < -0.39 is 5.76 Å². The lowest BCUT2D eigenvalue weighted by Gasteiger charge is -2.19. The molecule has 0 spiro atoms. The van der Waals surface area contributed by atoms with Crippen LogP contribution >= 0.6 is 0 Å². The maximum Gasteiger partial charge on any atom is 0.417 e. The third kappa shape index (κ3) is 3.30. The molecule has 0 aliphatic heterocycles. The van der Waals surface area contributed by atoms with Crippen LogP contribution in [0.2, 0.25) is 0 Å². The Kier molecular flexibility index (Phi) is 4.38. The van der Waals surface area contributed by atoms with Gasteiger partial charge in [-0.05, 0) is 30.3 Å². The number of anilines is 2. The molecule has 0 unspecified atom stereocenters. The lowest BCUT2D eigenvalue weighted by atomic mass is 10.1. The van der Waals surface area contributed by atoms with Crippen molar-refractivity contribution in [3.63, 3.8) is 0 Å². The lowest BCUT2D eigenvalue weighted by molar-refractivity contribution is -0.118. The highest BCUT2D eigenvalue weighted by Crippen LogP contribution is 2.22. The van der Waals surface area contributed by atoms with Crippen molar-refractivity contribution in [3.8, 4) is 0 Å². The Morgan fingerprint density at radius 3 is 2.72 bits per heavy atom. The van der Waals surface area contributed by atoms with Crippen LogP contribution in [0.3, 0.4) is 0 Å². The molecule has 2 N–H and O–H groups in total. The molecule has 0 radical (unpaired) electrons. The van der Waals surface area contributed by atoms with E-state index in [0.717, 1.165) is 0 Å². The minimum Gasteiger partial charge on any atom is -0.408 e. The molecule has 0 bridgehead atoms. The summed E-state index contributed by atoms with van der Waals surface area (Å²) in [5.74, 6) is -0.988. The maximum atomic E-state index is 12.6. The average molecular weight is 339 g/mol. The monoisotopic (exact) mass is 339 g/mol. The van der Waals surface area contributed by atoms with E-state index in [4.69, 9.17) is 4.42 Å². The predicted octanol–water partition coefficient (Wildman–Crippen LogP) is 2.75. The van der Waals surface area contributed by atoms with Gasteiger partial charge >= 0.3 is 5.76 Å². The van der Waals surface area contributed by atoms with Gasteiger partial charge in [-0.15, -0.1) is 0 Å². The summed E-state index contributed by atoms with van der Waals surface area (Å²) in [7, 11) is 1.64. The van der Waals surface area contributed by atoms with Gasteiger partial charge in [0.1, 0.15) is 0 Å². The number of benzene rings is 2. The van der Waals surface area contributed by atoms with Gasteiger partial charge < -0.3 is 14.6 Å². The number of aromatic nitrogens is 1. The zero-order valence-electron chi connectivity index (χ0n) is 13.8. The quantitative estimate of drug-likeness (QED) is 0.764. The van der Waals surface area contributed by atoms with Gasteiger partial charge in [0, 0.05) is 19.2 Å². The summed E-state index contributed by atoms with van der Waals surface area (Å²) in [5.41, 5.74) is 2.33. The predicted molar refractivity (Wildman–Crippen MR) is 94.9 cm³/mol. The van der Waals surface area contributed by atoms with Gasteiger partial charge in [0.05, 0.1) is 16.8 Å². The maximum absolute atomic E-state index is 12.6. The van der Waals surface area contributed by atoms with Crippen LogP contribution in [0, 0.1) is 0 Å². The van der Waals surface area contributed by atoms with Gasteiger partial charge in [0.15, 0.2) is 5.58 Å². The number of nitrogens with one attached hydrogen (secondary N) is 2. The summed E-state index contributed by atoms with van der Waals surface area (Å²) in [6, 6.07) is 11.7. The number of hydrogen-bond donors (Lipinski definition) is 2. The van der Waals surface area contributed by atoms with Gasteiger partial charge in [-0.2, -0.15) is 0 Å². The first kappa shape index (κ1) is 16.5. The fraction of sp³-hybridized carbons (Fsp3) is 0.167. The van der Waals surface area contributed by atoms with Crippen LogP contribution in [0.5, 0.6) is 0 Å². The number of aromatic amines is 1. The van der Waals surface area contributed by atoms with Crippen LogP contribution < -0.4 is 16.0 Å². The van der Waals surface area contributed by atoms with Crippen molar-refractivity contribution >= 4 is 34.3 Å². The number of carbonyl (C=O) groups excluding carboxylic acids is 2. The van der Waals surface area contributed by atoms with Gasteiger partial charge in [0.25, 0.3) is 5.91 Å². The van der Waals surface area contributed by atoms with Crippen molar-refractivity contribution in [1.29, 1.82) is 0 Å². The molecule has 0 aliphatic rings. The third-order valence-corrected chi connectivity index (χ3v) is 3.86. The van der Waals surface area contributed by atoms with E-state index in [9.17, 15) is 14.4 Å². The Hall–Kier alpha value is -3.35. The number of nitrogens with zero attached hydrogens (tertiary/aromatic N) is 1. The van der Waals surface area contributed by atoms with Crippen LogP contribution in [0.1, 0.15) is 23.7 Å². The zero-order chi connectivity index (χ0) is 18.0. The minimum absolute atomic E-state index is 0.0855. The number of amides is 2. The van der Waals surface area contributed by atoms with E-state index in [1.807, 2.05) is 0 Å². The van der Waals surface area contributed by atoms with Crippen LogP contribution in [-0.4, -0.2) is 23.8 Å². The summed E-state index contributed by atoms with van der Waals surface area (Å²) < 4.78 is 4.93. The molecular weight excluding hydrogens is 322 g/mol. The first-order valence-electron chi connectivity index (χ1n) is 7.79. The summed E-state index contributed by atoms with van der Waals surface area (Å²) in [5, 5.41) is 2.77. The zero-order valence-corrected chi connectivity index (χ0v) is 13.8. The second-order valence-corrected chi connectivity index (χ2v) is 5.50. The van der Waals surface area contributed by atoms with E-state index in [1.165, 1.54) is 4.90 Å². The highest BCUT2D eigenvalue weighted by Gasteiger charge is 2.17. The van der Waals surface area contributed by atoms with E-state index in [1.54, 1.807) is 56.4 Å². The SMILES string of the molecule is CCC(=O)N(C)c1ccccc1C(=O)Nc1ccc2oc(=O)[nH]c2c1. The molecule has 3 rings (SSSR count). The molecule has 1 heterocycles. The normalized spacial score (nSPS) is 10.6. The number of para-hydroxylation sites is 1. The molecule has 7 heteroatoms. The molecule has 2 aromatic carbocycles. The van der Waals surface area contributed by atoms with Gasteiger partial charge in [-0.1, -0.05) is 19.1 Å². The molecule has 0 saturated heterocycles. The Bertz CT molecular complexity index is 1000. The topological polar surface area (TPSA) is 95.4 Å². The molecule has 128 valence electrons. The number of carbonyl (C=O) groups is 2. The van der Waals surface area contributed by atoms with Crippen molar-refractivity contribution in [2.24, 2.45) is 0 Å². The molecule has 0 aliphatic carbocycles. The Morgan fingerprint density at radius 2 is 1.96 bits per heavy atom. The lowest BCUT2D eigenvalue weighted by Crippen LogP contribution is -2.27. The standard InChI is InChI=1S/C18H17N3O4/c1-3-16(22)21(2)14-7-5-4-6-12(14)17(23)19-11-8-9-15-13(10-11)20-18(24)25-15/h4-10H,3H2,1-2H3,(H,19,23)(H,20,24). The highest BCUT2D eigenvalue weighted by atomic mass is 16.4. The number of H-pyrrole nitrogens is 1. The Balaban J connectivity index is 1.90. The first-order valence-corrected chi connectivity index (χ1v) is 7.79. The van der Waals surface area contributed by atoms with Crippen LogP contribution in [0.15, 0.2) is 51.7 Å². The molecule has 2 amide bonds. The minimum atomic E-state index is -0.552. The fourth-order valence-corrected chi connectivity index (χ4v) is 2.56. The second kappa shape index (κ2) is 6.64. The van der Waals surface area contributed by atoms with Crippen LogP contribution in [0.25, 0.3) is 11.1 Å². The largest absolute Gasteiger partial charge is 0.417 e. The molecule has 0 saturated carbocycles. The van der Waals surface area contributed by atoms with Gasteiger partial charge in [-0.25, -0.2) is 4.79 Å². The summed E-state index contributed by atoms with van der Waals surface area (Å²) in [6.07, 6.45) is 0.344. The molecule has 0 fully saturated rings. The van der Waals surface area contributed by atoms with Crippen molar-refractivity contribution in [3.05, 3.63) is 58.6 Å². The van der Waals surface area contributed by atoms with Gasteiger partial charge in [0.2, 0.25) is 5.91 Å². The summed E-state index contributed by atoms with van der Waals surface area (Å²) in [4.78, 5) is 39.8. The second-order valence-electron chi connectivity index (χ2n) is 5.50. The van der Waals surface area contributed by atoms with Crippen molar-refractivity contribution < 1.29 is 14.0 Å². The number of rotatable bonds is 4. The molecule has 25 heavy (non-hydrogen) atoms.